The molecule has 1 aliphatic heterocycles. The second-order valence-electron chi connectivity index (χ2n) is 8.48. The summed E-state index contributed by atoms with van der Waals surface area (Å²) < 4.78 is 44.6. The minimum absolute atomic E-state index is 0.0223. The summed E-state index contributed by atoms with van der Waals surface area (Å²) in [5.74, 6) is 0.794. The van der Waals surface area contributed by atoms with Crippen molar-refractivity contribution >= 4 is 21.6 Å². The first-order chi connectivity index (χ1) is 17.9. The topological polar surface area (TPSA) is 106 Å². The van der Waals surface area contributed by atoms with E-state index in [0.29, 0.717) is 31.2 Å². The lowest BCUT2D eigenvalue weighted by Gasteiger charge is -2.35. The van der Waals surface area contributed by atoms with Crippen molar-refractivity contribution in [2.24, 2.45) is 0 Å². The third kappa shape index (κ3) is 6.59. The first-order valence-electron chi connectivity index (χ1n) is 11.9. The summed E-state index contributed by atoms with van der Waals surface area (Å²) in [5.41, 5.74) is 1.60. The SMILES string of the molecule is COc1ccc([C@H](CNC(=O)c2cccc(S(=O)(=O)Nc3ccccc3OC)c2)N2CCOCC2)cc1. The number of nitrogens with one attached hydrogen (secondary N) is 2. The summed E-state index contributed by atoms with van der Waals surface area (Å²) in [6, 6.07) is 20.4. The molecule has 0 radical (unpaired) electrons. The minimum atomic E-state index is -3.94. The Labute approximate surface area is 217 Å². The molecule has 1 atom stereocenters. The van der Waals surface area contributed by atoms with Gasteiger partial charge in [-0.25, -0.2) is 8.42 Å². The average Bonchev–Trinajstić information content (AvgIpc) is 2.94. The van der Waals surface area contributed by atoms with Gasteiger partial charge in [0.15, 0.2) is 0 Å². The predicted octanol–water partition coefficient (Wildman–Crippen LogP) is 3.31. The number of methoxy groups -OCH3 is 2. The van der Waals surface area contributed by atoms with Crippen molar-refractivity contribution < 1.29 is 27.4 Å². The zero-order valence-corrected chi connectivity index (χ0v) is 21.7. The molecule has 1 heterocycles. The second kappa shape index (κ2) is 12.1. The Hall–Kier alpha value is -3.60. The van der Waals surface area contributed by atoms with Crippen LogP contribution in [0, 0.1) is 0 Å². The molecule has 3 aromatic carbocycles. The van der Waals surface area contributed by atoms with Crippen LogP contribution in [0.4, 0.5) is 5.69 Å². The number of hydrogen-bond donors (Lipinski definition) is 2. The number of para-hydroxylation sites is 2. The van der Waals surface area contributed by atoms with Crippen molar-refractivity contribution in [2.75, 3.05) is 51.8 Å². The van der Waals surface area contributed by atoms with Gasteiger partial charge < -0.3 is 19.5 Å². The minimum Gasteiger partial charge on any atom is -0.497 e. The normalized spacial score (nSPS) is 15.0. The Kier molecular flexibility index (Phi) is 8.65. The van der Waals surface area contributed by atoms with E-state index in [1.807, 2.05) is 24.3 Å². The van der Waals surface area contributed by atoms with Crippen molar-refractivity contribution in [1.82, 2.24) is 10.2 Å². The predicted molar refractivity (Wildman–Crippen MR) is 141 cm³/mol. The molecule has 9 nitrogen and oxygen atoms in total. The number of sulfonamides is 1. The van der Waals surface area contributed by atoms with E-state index in [0.717, 1.165) is 24.4 Å². The van der Waals surface area contributed by atoms with E-state index in [1.165, 1.54) is 19.2 Å². The zero-order valence-electron chi connectivity index (χ0n) is 20.8. The Morgan fingerprint density at radius 3 is 2.41 bits per heavy atom. The quantitative estimate of drug-likeness (QED) is 0.418. The van der Waals surface area contributed by atoms with Crippen LogP contribution in [0.3, 0.4) is 0 Å². The van der Waals surface area contributed by atoms with Gasteiger partial charge in [-0.2, -0.15) is 0 Å². The highest BCUT2D eigenvalue weighted by atomic mass is 32.2. The Bertz CT molecular complexity index is 1310. The van der Waals surface area contributed by atoms with Crippen LogP contribution in [-0.4, -0.2) is 66.3 Å². The van der Waals surface area contributed by atoms with Crippen LogP contribution in [-0.2, 0) is 14.8 Å². The Balaban J connectivity index is 1.49. The standard InChI is InChI=1S/C27H31N3O6S/c1-34-22-12-10-20(11-13-22)25(30-14-16-36-17-15-30)19-28-27(31)21-6-5-7-23(18-21)37(32,33)29-24-8-3-4-9-26(24)35-2/h3-13,18,25,29H,14-17,19H2,1-2H3,(H,28,31)/t25-/m0/s1. The molecule has 0 bridgehead atoms. The van der Waals surface area contributed by atoms with Gasteiger partial charge in [0.25, 0.3) is 15.9 Å². The molecule has 1 amide bonds. The summed E-state index contributed by atoms with van der Waals surface area (Å²) in [6.45, 7) is 3.09. The first-order valence-corrected chi connectivity index (χ1v) is 13.4. The number of carbonyl (C=O) groups excluding carboxylic acids is 1. The highest BCUT2D eigenvalue weighted by Gasteiger charge is 2.24. The summed E-state index contributed by atoms with van der Waals surface area (Å²) in [5, 5.41) is 2.98. The van der Waals surface area contributed by atoms with E-state index < -0.39 is 10.0 Å². The van der Waals surface area contributed by atoms with Gasteiger partial charge in [0, 0.05) is 25.2 Å². The molecule has 196 valence electrons. The smallest absolute Gasteiger partial charge is 0.262 e. The van der Waals surface area contributed by atoms with Gasteiger partial charge in [0.05, 0.1) is 44.1 Å². The van der Waals surface area contributed by atoms with Crippen LogP contribution in [0.2, 0.25) is 0 Å². The molecule has 1 saturated heterocycles. The van der Waals surface area contributed by atoms with Gasteiger partial charge in [-0.1, -0.05) is 30.3 Å². The maximum absolute atomic E-state index is 13.1. The lowest BCUT2D eigenvalue weighted by molar-refractivity contribution is 0.0162. The molecule has 0 aromatic heterocycles. The van der Waals surface area contributed by atoms with Crippen LogP contribution in [0.25, 0.3) is 0 Å². The number of rotatable bonds is 10. The molecule has 4 rings (SSSR count). The number of benzene rings is 3. The molecule has 1 fully saturated rings. The largest absolute Gasteiger partial charge is 0.497 e. The second-order valence-corrected chi connectivity index (χ2v) is 10.2. The zero-order chi connectivity index (χ0) is 26.3. The molecule has 37 heavy (non-hydrogen) atoms. The van der Waals surface area contributed by atoms with Crippen LogP contribution in [0.5, 0.6) is 11.5 Å². The summed E-state index contributed by atoms with van der Waals surface area (Å²) in [4.78, 5) is 15.3. The lowest BCUT2D eigenvalue weighted by atomic mass is 10.0. The molecule has 1 aliphatic rings. The van der Waals surface area contributed by atoms with E-state index >= 15 is 0 Å². The molecule has 2 N–H and O–H groups in total. The molecule has 3 aromatic rings. The van der Waals surface area contributed by atoms with E-state index in [2.05, 4.69) is 14.9 Å². The van der Waals surface area contributed by atoms with Gasteiger partial charge in [-0.15, -0.1) is 0 Å². The number of hydrogen-bond acceptors (Lipinski definition) is 7. The van der Waals surface area contributed by atoms with Crippen molar-refractivity contribution in [3.8, 4) is 11.5 Å². The van der Waals surface area contributed by atoms with Gasteiger partial charge in [0.2, 0.25) is 0 Å². The van der Waals surface area contributed by atoms with Crippen molar-refractivity contribution in [3.05, 3.63) is 83.9 Å². The molecular formula is C27H31N3O6S. The van der Waals surface area contributed by atoms with Gasteiger partial charge in [-0.3, -0.25) is 14.4 Å². The molecule has 0 saturated carbocycles. The number of amides is 1. The molecular weight excluding hydrogens is 494 g/mol. The van der Waals surface area contributed by atoms with Crippen LogP contribution >= 0.6 is 0 Å². The highest BCUT2D eigenvalue weighted by molar-refractivity contribution is 7.92. The Morgan fingerprint density at radius 2 is 1.70 bits per heavy atom. The van der Waals surface area contributed by atoms with E-state index in [1.54, 1.807) is 43.5 Å². The van der Waals surface area contributed by atoms with E-state index in [4.69, 9.17) is 14.2 Å². The summed E-state index contributed by atoms with van der Waals surface area (Å²) >= 11 is 0. The van der Waals surface area contributed by atoms with Gasteiger partial charge >= 0.3 is 0 Å². The maximum Gasteiger partial charge on any atom is 0.262 e. The van der Waals surface area contributed by atoms with E-state index in [-0.39, 0.29) is 22.4 Å². The molecule has 0 unspecified atom stereocenters. The number of carbonyl (C=O) groups is 1. The fourth-order valence-electron chi connectivity index (χ4n) is 4.20. The molecule has 0 aliphatic carbocycles. The lowest BCUT2D eigenvalue weighted by Crippen LogP contribution is -2.43. The monoisotopic (exact) mass is 525 g/mol. The van der Waals surface area contributed by atoms with Crippen LogP contribution in [0.15, 0.2) is 77.7 Å². The van der Waals surface area contributed by atoms with E-state index in [9.17, 15) is 13.2 Å². The van der Waals surface area contributed by atoms with Crippen LogP contribution < -0.4 is 19.5 Å². The van der Waals surface area contributed by atoms with Crippen LogP contribution in [0.1, 0.15) is 22.0 Å². The molecule has 0 spiro atoms. The Morgan fingerprint density at radius 1 is 0.973 bits per heavy atom. The third-order valence-corrected chi connectivity index (χ3v) is 7.56. The number of nitrogens with zero attached hydrogens (tertiary/aromatic N) is 1. The van der Waals surface area contributed by atoms with Gasteiger partial charge in [0.1, 0.15) is 11.5 Å². The first kappa shape index (κ1) is 26.5. The summed E-state index contributed by atoms with van der Waals surface area (Å²) in [7, 11) is -0.858. The maximum atomic E-state index is 13.1. The van der Waals surface area contributed by atoms with Gasteiger partial charge in [-0.05, 0) is 48.0 Å². The third-order valence-electron chi connectivity index (χ3n) is 6.20. The molecule has 10 heteroatoms. The average molecular weight is 526 g/mol. The number of morpholine rings is 1. The fourth-order valence-corrected chi connectivity index (χ4v) is 5.32. The van der Waals surface area contributed by atoms with Crippen molar-refractivity contribution in [1.29, 1.82) is 0 Å². The number of ether oxygens (including phenoxy) is 3. The number of anilines is 1. The van der Waals surface area contributed by atoms with Crippen molar-refractivity contribution in [3.63, 3.8) is 0 Å². The fraction of sp³-hybridized carbons (Fsp3) is 0.296. The van der Waals surface area contributed by atoms with Crippen molar-refractivity contribution in [2.45, 2.75) is 10.9 Å². The highest BCUT2D eigenvalue weighted by Crippen LogP contribution is 2.27. The summed E-state index contributed by atoms with van der Waals surface area (Å²) in [6.07, 6.45) is 0.